The van der Waals surface area contributed by atoms with Crippen LogP contribution in [0.15, 0.2) is 29.6 Å². The smallest absolute Gasteiger partial charge is 0.184 e. The van der Waals surface area contributed by atoms with Crippen LogP contribution in [0.3, 0.4) is 0 Å². The minimum absolute atomic E-state index is 0.541. The Kier molecular flexibility index (Phi) is 4.04. The molecular formula is C11H10Cl2N2S. The summed E-state index contributed by atoms with van der Waals surface area (Å²) in [6, 6.07) is 7.85. The van der Waals surface area contributed by atoms with Gasteiger partial charge in [-0.05, 0) is 24.1 Å². The van der Waals surface area contributed by atoms with Gasteiger partial charge in [0.15, 0.2) is 5.13 Å². The molecule has 0 saturated carbocycles. The summed E-state index contributed by atoms with van der Waals surface area (Å²) in [7, 11) is 0. The summed E-state index contributed by atoms with van der Waals surface area (Å²) in [5, 5.41) is 7.20. The Hall–Kier alpha value is -0.770. The summed E-state index contributed by atoms with van der Waals surface area (Å²) in [5.74, 6) is 0. The maximum atomic E-state index is 5.81. The van der Waals surface area contributed by atoms with Gasteiger partial charge in [-0.25, -0.2) is 4.98 Å². The second kappa shape index (κ2) is 5.53. The average Bonchev–Trinajstić information content (AvgIpc) is 2.67. The minimum Gasteiger partial charge on any atom is -0.361 e. The van der Waals surface area contributed by atoms with E-state index in [0.717, 1.165) is 23.1 Å². The van der Waals surface area contributed by atoms with Crippen LogP contribution >= 0.6 is 34.5 Å². The molecule has 2 aromatic rings. The number of anilines is 1. The molecule has 1 aromatic carbocycles. The molecule has 0 saturated heterocycles. The molecule has 0 unspecified atom stereocenters. The van der Waals surface area contributed by atoms with Crippen LogP contribution < -0.4 is 5.32 Å². The molecule has 0 aliphatic carbocycles. The number of hydrogen-bond donors (Lipinski definition) is 1. The van der Waals surface area contributed by atoms with Crippen LogP contribution in [0.25, 0.3) is 0 Å². The summed E-state index contributed by atoms with van der Waals surface area (Å²) < 4.78 is 0. The molecule has 0 atom stereocenters. The topological polar surface area (TPSA) is 24.9 Å². The van der Waals surface area contributed by atoms with Gasteiger partial charge in [0.1, 0.15) is 5.15 Å². The zero-order chi connectivity index (χ0) is 11.4. The first kappa shape index (κ1) is 11.7. The molecule has 0 radical (unpaired) electrons. The molecule has 0 fully saturated rings. The third-order valence-corrected chi connectivity index (χ3v) is 3.45. The maximum absolute atomic E-state index is 5.81. The highest BCUT2D eigenvalue weighted by Crippen LogP contribution is 2.18. The van der Waals surface area contributed by atoms with E-state index in [2.05, 4.69) is 10.3 Å². The zero-order valence-corrected chi connectivity index (χ0v) is 10.7. The van der Waals surface area contributed by atoms with E-state index >= 15 is 0 Å². The molecule has 0 aliphatic heterocycles. The van der Waals surface area contributed by atoms with Crippen LogP contribution in [0, 0.1) is 0 Å². The number of halogens is 2. The monoisotopic (exact) mass is 272 g/mol. The highest BCUT2D eigenvalue weighted by atomic mass is 35.5. The van der Waals surface area contributed by atoms with E-state index in [1.54, 1.807) is 0 Å². The van der Waals surface area contributed by atoms with Crippen molar-refractivity contribution >= 4 is 39.7 Å². The van der Waals surface area contributed by atoms with Crippen molar-refractivity contribution in [1.29, 1.82) is 0 Å². The van der Waals surface area contributed by atoms with Gasteiger partial charge in [0, 0.05) is 16.9 Å². The van der Waals surface area contributed by atoms with Crippen molar-refractivity contribution in [3.63, 3.8) is 0 Å². The Balaban J connectivity index is 1.82. The molecule has 1 N–H and O–H groups in total. The number of hydrogen-bond acceptors (Lipinski definition) is 3. The number of rotatable bonds is 4. The van der Waals surface area contributed by atoms with Crippen molar-refractivity contribution in [2.24, 2.45) is 0 Å². The SMILES string of the molecule is Clc1ccc(CCNc2nc(Cl)cs2)cc1. The normalized spacial score (nSPS) is 10.4. The van der Waals surface area contributed by atoms with Gasteiger partial charge in [-0.1, -0.05) is 35.3 Å². The summed E-state index contributed by atoms with van der Waals surface area (Å²) in [6.45, 7) is 0.839. The fourth-order valence-corrected chi connectivity index (χ4v) is 2.29. The zero-order valence-electron chi connectivity index (χ0n) is 8.41. The molecule has 0 aliphatic rings. The van der Waals surface area contributed by atoms with Gasteiger partial charge >= 0.3 is 0 Å². The lowest BCUT2D eigenvalue weighted by atomic mass is 10.1. The first-order chi connectivity index (χ1) is 7.74. The standard InChI is InChI=1S/C11H10Cl2N2S/c12-9-3-1-8(2-4-9)5-6-14-11-15-10(13)7-16-11/h1-4,7H,5-6H2,(H,14,15). The van der Waals surface area contributed by atoms with Gasteiger partial charge in [-0.15, -0.1) is 11.3 Å². The Bertz CT molecular complexity index is 453. The van der Waals surface area contributed by atoms with Crippen LogP contribution in [-0.4, -0.2) is 11.5 Å². The van der Waals surface area contributed by atoms with E-state index in [4.69, 9.17) is 23.2 Å². The highest BCUT2D eigenvalue weighted by Gasteiger charge is 1.98. The number of nitrogens with zero attached hydrogens (tertiary/aromatic N) is 1. The lowest BCUT2D eigenvalue weighted by Gasteiger charge is -2.02. The lowest BCUT2D eigenvalue weighted by molar-refractivity contribution is 1.02. The number of aromatic nitrogens is 1. The van der Waals surface area contributed by atoms with Gasteiger partial charge < -0.3 is 5.32 Å². The predicted octanol–water partition coefficient (Wildman–Crippen LogP) is 4.10. The van der Waals surface area contributed by atoms with E-state index in [0.29, 0.717) is 5.15 Å². The Morgan fingerprint density at radius 2 is 1.94 bits per heavy atom. The quantitative estimate of drug-likeness (QED) is 0.907. The fraction of sp³-hybridized carbons (Fsp3) is 0.182. The molecular weight excluding hydrogens is 263 g/mol. The van der Waals surface area contributed by atoms with E-state index in [1.165, 1.54) is 16.9 Å². The second-order valence-electron chi connectivity index (χ2n) is 3.28. The maximum Gasteiger partial charge on any atom is 0.184 e. The van der Waals surface area contributed by atoms with Crippen molar-refractivity contribution < 1.29 is 0 Å². The fourth-order valence-electron chi connectivity index (χ4n) is 1.30. The molecule has 1 aromatic heterocycles. The van der Waals surface area contributed by atoms with Gasteiger partial charge in [-0.2, -0.15) is 0 Å². The molecule has 2 nitrogen and oxygen atoms in total. The molecule has 0 bridgehead atoms. The highest BCUT2D eigenvalue weighted by molar-refractivity contribution is 7.14. The van der Waals surface area contributed by atoms with Crippen LogP contribution in [0.4, 0.5) is 5.13 Å². The van der Waals surface area contributed by atoms with Gasteiger partial charge in [0.2, 0.25) is 0 Å². The van der Waals surface area contributed by atoms with E-state index in [1.807, 2.05) is 29.6 Å². The molecule has 0 spiro atoms. The molecule has 1 heterocycles. The van der Waals surface area contributed by atoms with Crippen molar-refractivity contribution in [2.45, 2.75) is 6.42 Å². The summed E-state index contributed by atoms with van der Waals surface area (Å²) in [6.07, 6.45) is 0.939. The predicted molar refractivity (Wildman–Crippen MR) is 70.8 cm³/mol. The van der Waals surface area contributed by atoms with Gasteiger partial charge in [0.05, 0.1) is 0 Å². The molecule has 0 amide bonds. The first-order valence-electron chi connectivity index (χ1n) is 4.83. The minimum atomic E-state index is 0.541. The van der Waals surface area contributed by atoms with Crippen LogP contribution in [0.5, 0.6) is 0 Å². The van der Waals surface area contributed by atoms with Crippen molar-refractivity contribution in [3.8, 4) is 0 Å². The number of benzene rings is 1. The van der Waals surface area contributed by atoms with Crippen molar-refractivity contribution in [2.75, 3.05) is 11.9 Å². The van der Waals surface area contributed by atoms with Gasteiger partial charge in [-0.3, -0.25) is 0 Å². The molecule has 16 heavy (non-hydrogen) atoms. The second-order valence-corrected chi connectivity index (χ2v) is 4.96. The third kappa shape index (κ3) is 3.37. The van der Waals surface area contributed by atoms with Gasteiger partial charge in [0.25, 0.3) is 0 Å². The summed E-state index contributed by atoms with van der Waals surface area (Å²) in [4.78, 5) is 4.11. The van der Waals surface area contributed by atoms with Crippen LogP contribution in [0.2, 0.25) is 10.2 Å². The van der Waals surface area contributed by atoms with E-state index in [-0.39, 0.29) is 0 Å². The Morgan fingerprint density at radius 1 is 1.19 bits per heavy atom. The van der Waals surface area contributed by atoms with Crippen LogP contribution in [-0.2, 0) is 6.42 Å². The summed E-state index contributed by atoms with van der Waals surface area (Å²) >= 11 is 13.0. The largest absolute Gasteiger partial charge is 0.361 e. The first-order valence-corrected chi connectivity index (χ1v) is 6.47. The molecule has 5 heteroatoms. The number of nitrogens with one attached hydrogen (secondary N) is 1. The van der Waals surface area contributed by atoms with E-state index in [9.17, 15) is 0 Å². The Labute approximate surface area is 108 Å². The lowest BCUT2D eigenvalue weighted by Crippen LogP contribution is -2.04. The molecule has 2 rings (SSSR count). The summed E-state index contributed by atoms with van der Waals surface area (Å²) in [5.41, 5.74) is 1.25. The van der Waals surface area contributed by atoms with E-state index < -0.39 is 0 Å². The van der Waals surface area contributed by atoms with Crippen molar-refractivity contribution in [1.82, 2.24) is 4.98 Å². The molecule has 84 valence electrons. The number of thiazole rings is 1. The Morgan fingerprint density at radius 3 is 2.56 bits per heavy atom. The van der Waals surface area contributed by atoms with Crippen molar-refractivity contribution in [3.05, 3.63) is 45.4 Å². The average molecular weight is 273 g/mol. The van der Waals surface area contributed by atoms with Crippen LogP contribution in [0.1, 0.15) is 5.56 Å². The third-order valence-electron chi connectivity index (χ3n) is 2.08.